The van der Waals surface area contributed by atoms with Crippen LogP contribution in [0.2, 0.25) is 0 Å². The van der Waals surface area contributed by atoms with Crippen LogP contribution in [-0.2, 0) is 4.74 Å². The van der Waals surface area contributed by atoms with Gasteiger partial charge in [-0.15, -0.1) is 13.2 Å². The summed E-state index contributed by atoms with van der Waals surface area (Å²) in [6.07, 6.45) is -4.80. The highest BCUT2D eigenvalue weighted by atomic mass is 19.4. The number of hydrogen-bond acceptors (Lipinski definition) is 4. The van der Waals surface area contributed by atoms with Gasteiger partial charge in [-0.1, -0.05) is 18.2 Å². The molecule has 3 heterocycles. The van der Waals surface area contributed by atoms with E-state index in [4.69, 9.17) is 0 Å². The predicted octanol–water partition coefficient (Wildman–Crippen LogP) is 4.58. The summed E-state index contributed by atoms with van der Waals surface area (Å²) in [6, 6.07) is 15.0. The van der Waals surface area contributed by atoms with Crippen molar-refractivity contribution in [1.82, 2.24) is 15.0 Å². The zero-order valence-corrected chi connectivity index (χ0v) is 16.4. The number of halogens is 3. The lowest BCUT2D eigenvalue weighted by molar-refractivity contribution is -0.344. The quantitative estimate of drug-likeness (QED) is 0.501. The van der Waals surface area contributed by atoms with Crippen molar-refractivity contribution >= 4 is 27.6 Å². The topological polar surface area (TPSA) is 74.0 Å². The Morgan fingerprint density at radius 1 is 1.00 bits per heavy atom. The fourth-order valence-corrected chi connectivity index (χ4v) is 4.07. The van der Waals surface area contributed by atoms with E-state index in [0.29, 0.717) is 42.8 Å². The number of H-pyrrole nitrogens is 2. The number of anilines is 1. The minimum atomic E-state index is -4.60. The molecule has 1 saturated heterocycles. The van der Waals surface area contributed by atoms with Gasteiger partial charge in [-0.3, -0.25) is 9.53 Å². The van der Waals surface area contributed by atoms with Gasteiger partial charge >= 0.3 is 6.36 Å². The van der Waals surface area contributed by atoms with E-state index in [-0.39, 0.29) is 5.56 Å². The molecule has 0 atom stereocenters. The van der Waals surface area contributed by atoms with Crippen molar-refractivity contribution in [2.24, 2.45) is 0 Å². The number of nitrogens with zero attached hydrogens (tertiary/aromatic N) is 2. The highest BCUT2D eigenvalue weighted by Crippen LogP contribution is 2.29. The number of rotatable bonds is 3. The van der Waals surface area contributed by atoms with Crippen molar-refractivity contribution in [3.05, 3.63) is 58.9 Å². The normalized spacial score (nSPS) is 15.8. The lowest BCUT2D eigenvalue weighted by atomic mass is 10.1. The number of aromatic amines is 2. The maximum absolute atomic E-state index is 12.5. The highest BCUT2D eigenvalue weighted by Gasteiger charge is 2.35. The Bertz CT molecular complexity index is 1300. The zero-order chi connectivity index (χ0) is 21.6. The van der Waals surface area contributed by atoms with E-state index in [1.54, 1.807) is 6.07 Å². The first-order valence-electron chi connectivity index (χ1n) is 9.97. The Hall–Kier alpha value is -3.33. The zero-order valence-electron chi connectivity index (χ0n) is 16.4. The summed E-state index contributed by atoms with van der Waals surface area (Å²) >= 11 is 0. The molecule has 9 heteroatoms. The molecule has 2 N–H and O–H groups in total. The lowest BCUT2D eigenvalue weighted by Gasteiger charge is -2.33. The van der Waals surface area contributed by atoms with Crippen LogP contribution in [0.3, 0.4) is 0 Å². The van der Waals surface area contributed by atoms with Gasteiger partial charge in [-0.05, 0) is 48.6 Å². The van der Waals surface area contributed by atoms with Crippen LogP contribution in [0.15, 0.2) is 53.3 Å². The van der Waals surface area contributed by atoms with Gasteiger partial charge in [0.15, 0.2) is 0 Å². The SMILES string of the molecule is O=c1[nH]c2ccccc2cc1-c1nc2ccc(N3CCC(OC(F)(F)F)CC3)cc2[nH]1. The molecule has 0 bridgehead atoms. The Labute approximate surface area is 174 Å². The van der Waals surface area contributed by atoms with Crippen LogP contribution in [0.4, 0.5) is 18.9 Å². The first kappa shape index (κ1) is 19.6. The average molecular weight is 428 g/mol. The third-order valence-electron chi connectivity index (χ3n) is 5.58. The molecule has 6 nitrogen and oxygen atoms in total. The van der Waals surface area contributed by atoms with Crippen LogP contribution in [-0.4, -0.2) is 40.5 Å². The van der Waals surface area contributed by atoms with E-state index in [2.05, 4.69) is 19.7 Å². The Balaban J connectivity index is 1.40. The van der Waals surface area contributed by atoms with Crippen molar-refractivity contribution < 1.29 is 17.9 Å². The minimum absolute atomic E-state index is 0.232. The average Bonchev–Trinajstić information content (AvgIpc) is 3.15. The first-order chi connectivity index (χ1) is 14.9. The molecule has 4 aromatic rings. The third-order valence-corrected chi connectivity index (χ3v) is 5.58. The maximum atomic E-state index is 12.5. The maximum Gasteiger partial charge on any atom is 0.522 e. The summed E-state index contributed by atoms with van der Waals surface area (Å²) in [5.41, 5.74) is 3.33. The number of pyridine rings is 1. The first-order valence-corrected chi connectivity index (χ1v) is 9.97. The number of nitrogens with one attached hydrogen (secondary N) is 2. The molecule has 1 fully saturated rings. The lowest BCUT2D eigenvalue weighted by Crippen LogP contribution is -2.39. The molecule has 0 unspecified atom stereocenters. The molecular formula is C22H19F3N4O2. The molecule has 2 aromatic heterocycles. The van der Waals surface area contributed by atoms with Crippen LogP contribution in [0, 0.1) is 0 Å². The number of alkyl halides is 3. The molecule has 160 valence electrons. The second kappa shape index (κ2) is 7.42. The van der Waals surface area contributed by atoms with E-state index in [9.17, 15) is 18.0 Å². The summed E-state index contributed by atoms with van der Waals surface area (Å²) in [4.78, 5) is 25.2. The molecule has 0 spiro atoms. The molecule has 0 radical (unpaired) electrons. The Morgan fingerprint density at radius 3 is 2.55 bits per heavy atom. The van der Waals surface area contributed by atoms with E-state index in [1.165, 1.54) is 0 Å². The van der Waals surface area contributed by atoms with Gasteiger partial charge in [-0.25, -0.2) is 4.98 Å². The second-order valence-electron chi connectivity index (χ2n) is 7.64. The second-order valence-corrected chi connectivity index (χ2v) is 7.64. The Kier molecular flexibility index (Phi) is 4.70. The number of aromatic nitrogens is 3. The largest absolute Gasteiger partial charge is 0.522 e. The van der Waals surface area contributed by atoms with E-state index in [0.717, 1.165) is 22.1 Å². The molecule has 0 saturated carbocycles. The Morgan fingerprint density at radius 2 is 1.77 bits per heavy atom. The summed E-state index contributed by atoms with van der Waals surface area (Å²) in [7, 11) is 0. The smallest absolute Gasteiger partial charge is 0.371 e. The van der Waals surface area contributed by atoms with Crippen LogP contribution < -0.4 is 10.5 Å². The number of para-hydroxylation sites is 1. The molecule has 31 heavy (non-hydrogen) atoms. The fourth-order valence-electron chi connectivity index (χ4n) is 4.07. The highest BCUT2D eigenvalue weighted by molar-refractivity contribution is 5.86. The minimum Gasteiger partial charge on any atom is -0.371 e. The molecule has 0 amide bonds. The molecule has 2 aromatic carbocycles. The van der Waals surface area contributed by atoms with Gasteiger partial charge < -0.3 is 14.9 Å². The van der Waals surface area contributed by atoms with Crippen LogP contribution in [0.5, 0.6) is 0 Å². The van der Waals surface area contributed by atoms with Crippen molar-refractivity contribution in [3.63, 3.8) is 0 Å². The molecule has 1 aliphatic rings. The number of ether oxygens (including phenoxy) is 1. The van der Waals surface area contributed by atoms with Crippen LogP contribution >= 0.6 is 0 Å². The number of hydrogen-bond donors (Lipinski definition) is 2. The number of benzene rings is 2. The number of fused-ring (bicyclic) bond motifs is 2. The summed E-state index contributed by atoms with van der Waals surface area (Å²) < 4.78 is 41.4. The van der Waals surface area contributed by atoms with Crippen molar-refractivity contribution in [1.29, 1.82) is 0 Å². The molecule has 5 rings (SSSR count). The van der Waals surface area contributed by atoms with E-state index in [1.807, 2.05) is 47.4 Å². The molecule has 1 aliphatic heterocycles. The standard InChI is InChI=1S/C22H19F3N4O2/c23-22(24,25)31-15-7-9-29(10-8-15)14-5-6-18-19(12-14)27-20(26-18)16-11-13-3-1-2-4-17(13)28-21(16)30/h1-6,11-12,15H,7-10H2,(H,26,27)(H,28,30). The van der Waals surface area contributed by atoms with Crippen molar-refractivity contribution in [2.45, 2.75) is 25.3 Å². The van der Waals surface area contributed by atoms with Crippen molar-refractivity contribution in [2.75, 3.05) is 18.0 Å². The van der Waals surface area contributed by atoms with Gasteiger partial charge in [0.2, 0.25) is 0 Å². The van der Waals surface area contributed by atoms with Gasteiger partial charge in [0.25, 0.3) is 5.56 Å². The van der Waals surface area contributed by atoms with Gasteiger partial charge in [-0.2, -0.15) is 0 Å². The van der Waals surface area contributed by atoms with Crippen molar-refractivity contribution in [3.8, 4) is 11.4 Å². The van der Waals surface area contributed by atoms with E-state index >= 15 is 0 Å². The predicted molar refractivity (Wildman–Crippen MR) is 112 cm³/mol. The number of imidazole rings is 1. The molecular weight excluding hydrogens is 409 g/mol. The van der Waals surface area contributed by atoms with E-state index < -0.39 is 12.5 Å². The summed E-state index contributed by atoms with van der Waals surface area (Å²) in [5.74, 6) is 0.469. The van der Waals surface area contributed by atoms with Gasteiger partial charge in [0.1, 0.15) is 5.82 Å². The monoisotopic (exact) mass is 428 g/mol. The fraction of sp³-hybridized carbons (Fsp3) is 0.273. The van der Waals surface area contributed by atoms with Crippen LogP contribution in [0.1, 0.15) is 12.8 Å². The molecule has 0 aliphatic carbocycles. The third kappa shape index (κ3) is 4.00. The number of piperidine rings is 1. The van der Waals surface area contributed by atoms with Crippen LogP contribution in [0.25, 0.3) is 33.3 Å². The summed E-state index contributed by atoms with van der Waals surface area (Å²) in [6.45, 7) is 0.940. The van der Waals surface area contributed by atoms with Gasteiger partial charge in [0.05, 0.1) is 22.7 Å². The summed E-state index contributed by atoms with van der Waals surface area (Å²) in [5, 5.41) is 0.905. The van der Waals surface area contributed by atoms with Gasteiger partial charge in [0, 0.05) is 24.3 Å².